The molecular weight excluding hydrogens is 524 g/mol. The number of imidazole rings is 1. The molecule has 0 radical (unpaired) electrons. The number of carbonyl (C=O) groups is 1. The highest BCUT2D eigenvalue weighted by Crippen LogP contribution is 2.23. The summed E-state index contributed by atoms with van der Waals surface area (Å²) in [6, 6.07) is 7.36. The Labute approximate surface area is 237 Å². The van der Waals surface area contributed by atoms with Crippen LogP contribution < -0.4 is 21.5 Å². The van der Waals surface area contributed by atoms with Gasteiger partial charge in [0.1, 0.15) is 11.4 Å². The van der Waals surface area contributed by atoms with Crippen LogP contribution in [0.4, 0.5) is 10.7 Å². The van der Waals surface area contributed by atoms with E-state index in [9.17, 15) is 14.4 Å². The predicted octanol–water partition coefficient (Wildman–Crippen LogP) is 2.40. The highest BCUT2D eigenvalue weighted by atomic mass is 16.6. The lowest BCUT2D eigenvalue weighted by Gasteiger charge is -2.34. The molecule has 0 aliphatic carbocycles. The van der Waals surface area contributed by atoms with Crippen molar-refractivity contribution in [2.24, 2.45) is 7.05 Å². The van der Waals surface area contributed by atoms with E-state index in [4.69, 9.17) is 9.72 Å². The average molecular weight is 559 g/mol. The molecule has 1 aliphatic heterocycles. The molecule has 12 nitrogen and oxygen atoms in total. The topological polar surface area (TPSA) is 129 Å². The lowest BCUT2D eigenvalue weighted by molar-refractivity contribution is 0.0499. The Hall–Kier alpha value is -4.66. The summed E-state index contributed by atoms with van der Waals surface area (Å²) in [5, 5.41) is 3.82. The highest BCUT2D eigenvalue weighted by molar-refractivity contribution is 5.77. The number of aryl methyl sites for hydroxylation is 1. The number of piperidine rings is 1. The van der Waals surface area contributed by atoms with Crippen molar-refractivity contribution in [2.45, 2.75) is 65.3 Å². The van der Waals surface area contributed by atoms with E-state index >= 15 is 0 Å². The largest absolute Gasteiger partial charge is 0.444 e. The third-order valence-electron chi connectivity index (χ3n) is 6.89. The number of benzene rings is 1. The van der Waals surface area contributed by atoms with Crippen LogP contribution in [0.25, 0.3) is 22.1 Å². The van der Waals surface area contributed by atoms with Crippen LogP contribution in [-0.4, -0.2) is 59.5 Å². The summed E-state index contributed by atoms with van der Waals surface area (Å²) in [6.07, 6.45) is 2.78. The molecule has 1 aromatic carbocycles. The van der Waals surface area contributed by atoms with Crippen molar-refractivity contribution >= 4 is 34.1 Å². The Morgan fingerprint density at radius 3 is 2.71 bits per heavy atom. The third kappa shape index (κ3) is 5.79. The number of rotatable bonds is 5. The smallest absolute Gasteiger partial charge is 0.407 e. The number of nitrogens with zero attached hydrogens (tertiary/aromatic N) is 7. The number of alkyl carbamates (subject to hydrolysis) is 1. The van der Waals surface area contributed by atoms with Gasteiger partial charge in [0.25, 0.3) is 5.56 Å². The Balaban J connectivity index is 1.54. The maximum absolute atomic E-state index is 13.9. The normalized spacial score (nSPS) is 15.5. The van der Waals surface area contributed by atoms with E-state index in [1.165, 1.54) is 4.57 Å². The van der Waals surface area contributed by atoms with Crippen LogP contribution in [0.2, 0.25) is 0 Å². The molecule has 0 spiro atoms. The molecule has 214 valence electrons. The van der Waals surface area contributed by atoms with Crippen LogP contribution in [0, 0.1) is 11.8 Å². The second kappa shape index (κ2) is 11.1. The lowest BCUT2D eigenvalue weighted by atomic mass is 10.1. The quantitative estimate of drug-likeness (QED) is 0.370. The van der Waals surface area contributed by atoms with E-state index in [1.54, 1.807) is 24.7 Å². The van der Waals surface area contributed by atoms with Crippen LogP contribution in [-0.2, 0) is 24.9 Å². The first kappa shape index (κ1) is 27.9. The Kier molecular flexibility index (Phi) is 7.53. The fourth-order valence-electron chi connectivity index (χ4n) is 5.03. The van der Waals surface area contributed by atoms with Crippen molar-refractivity contribution in [3.63, 3.8) is 0 Å². The number of aromatic nitrogens is 6. The summed E-state index contributed by atoms with van der Waals surface area (Å²) < 4.78 is 9.70. The molecule has 0 unspecified atom stereocenters. The zero-order chi connectivity index (χ0) is 29.3. The second-order valence-electron chi connectivity index (χ2n) is 11.1. The van der Waals surface area contributed by atoms with Crippen LogP contribution in [0.5, 0.6) is 0 Å². The number of carbonyl (C=O) groups excluding carboxylic acids is 1. The fraction of sp³-hybridized carbons (Fsp3) is 0.448. The Morgan fingerprint density at radius 1 is 1.17 bits per heavy atom. The predicted molar refractivity (Wildman–Crippen MR) is 156 cm³/mol. The molecule has 3 aromatic heterocycles. The number of ether oxygens (including phenoxy) is 1. The van der Waals surface area contributed by atoms with Gasteiger partial charge in [0.05, 0.1) is 18.6 Å². The molecule has 1 aliphatic rings. The number of anilines is 1. The minimum absolute atomic E-state index is 0.0855. The molecule has 4 heterocycles. The Morgan fingerprint density at radius 2 is 1.95 bits per heavy atom. The van der Waals surface area contributed by atoms with Gasteiger partial charge in [-0.05, 0) is 46.6 Å². The van der Waals surface area contributed by atoms with Gasteiger partial charge in [0.15, 0.2) is 11.2 Å². The van der Waals surface area contributed by atoms with Crippen molar-refractivity contribution in [3.8, 4) is 11.8 Å². The molecule has 1 amide bonds. The number of amides is 1. The molecule has 0 bridgehead atoms. The van der Waals surface area contributed by atoms with Crippen molar-refractivity contribution in [3.05, 3.63) is 57.1 Å². The van der Waals surface area contributed by atoms with Gasteiger partial charge in [0, 0.05) is 37.8 Å². The molecule has 0 saturated carbocycles. The number of nitrogens with one attached hydrogen (secondary N) is 1. The van der Waals surface area contributed by atoms with E-state index in [0.29, 0.717) is 24.9 Å². The number of hydrogen-bond donors (Lipinski definition) is 1. The third-order valence-corrected chi connectivity index (χ3v) is 6.89. The first-order valence-corrected chi connectivity index (χ1v) is 13.6. The molecular formula is C29H34N8O4. The van der Waals surface area contributed by atoms with Gasteiger partial charge >= 0.3 is 11.8 Å². The summed E-state index contributed by atoms with van der Waals surface area (Å²) in [7, 11) is 1.59. The molecule has 4 aromatic rings. The summed E-state index contributed by atoms with van der Waals surface area (Å²) in [5.41, 5.74) is -0.335. The number of fused-ring (bicyclic) bond motifs is 2. The molecule has 1 saturated heterocycles. The molecule has 1 N–H and O–H groups in total. The maximum Gasteiger partial charge on any atom is 0.407 e. The number of para-hydroxylation sites is 1. The molecule has 5 rings (SSSR count). The van der Waals surface area contributed by atoms with Gasteiger partial charge in [-0.1, -0.05) is 24.1 Å². The zero-order valence-electron chi connectivity index (χ0n) is 24.0. The summed E-state index contributed by atoms with van der Waals surface area (Å²) in [5.74, 6) is 6.80. The van der Waals surface area contributed by atoms with Crippen LogP contribution >= 0.6 is 0 Å². The monoisotopic (exact) mass is 558 g/mol. The first-order valence-electron chi connectivity index (χ1n) is 13.6. The molecule has 1 atom stereocenters. The molecule has 1 fully saturated rings. The summed E-state index contributed by atoms with van der Waals surface area (Å²) in [4.78, 5) is 55.4. The van der Waals surface area contributed by atoms with Crippen LogP contribution in [0.3, 0.4) is 0 Å². The maximum atomic E-state index is 13.9. The van der Waals surface area contributed by atoms with E-state index in [2.05, 4.69) is 27.1 Å². The SMILES string of the molecule is CC#CCn1c(N2CCC[C@H](NC(=O)OC(C)(C)C)C2)nc2c1c(=O)n(Cc1ncc3ccccc3n1)c(=O)n2C. The Bertz CT molecular complexity index is 1800. The van der Waals surface area contributed by atoms with Crippen molar-refractivity contribution < 1.29 is 9.53 Å². The van der Waals surface area contributed by atoms with Gasteiger partial charge in [-0.25, -0.2) is 19.6 Å². The van der Waals surface area contributed by atoms with Crippen molar-refractivity contribution in [2.75, 3.05) is 18.0 Å². The fourth-order valence-corrected chi connectivity index (χ4v) is 5.03. The van der Waals surface area contributed by atoms with Crippen molar-refractivity contribution in [1.29, 1.82) is 0 Å². The van der Waals surface area contributed by atoms with Crippen LogP contribution in [0.1, 0.15) is 46.4 Å². The van der Waals surface area contributed by atoms with Gasteiger partial charge in [-0.3, -0.25) is 18.5 Å². The highest BCUT2D eigenvalue weighted by Gasteiger charge is 2.29. The van der Waals surface area contributed by atoms with Crippen molar-refractivity contribution in [1.82, 2.24) is 34.0 Å². The lowest BCUT2D eigenvalue weighted by Crippen LogP contribution is -2.49. The van der Waals surface area contributed by atoms with E-state index in [0.717, 1.165) is 28.3 Å². The second-order valence-corrected chi connectivity index (χ2v) is 11.1. The molecule has 12 heteroatoms. The van der Waals surface area contributed by atoms with E-state index < -0.39 is 22.9 Å². The van der Waals surface area contributed by atoms with Gasteiger partial charge in [-0.15, -0.1) is 5.92 Å². The standard InChI is InChI=1S/C29H34N8O4/c1-6-7-15-36-23-24(33-26(36)35-14-10-12-20(17-35)31-27(39)41-29(2,3)4)34(5)28(40)37(25(23)38)18-22-30-16-19-11-8-9-13-21(19)32-22/h8-9,11,13,16,20H,10,12,14-15,17-18H2,1-5H3,(H,31,39)/t20-/m0/s1. The van der Waals surface area contributed by atoms with Gasteiger partial charge in [0.2, 0.25) is 5.95 Å². The summed E-state index contributed by atoms with van der Waals surface area (Å²) >= 11 is 0. The van der Waals surface area contributed by atoms with Crippen LogP contribution in [0.15, 0.2) is 40.1 Å². The zero-order valence-corrected chi connectivity index (χ0v) is 24.0. The minimum Gasteiger partial charge on any atom is -0.444 e. The first-order chi connectivity index (χ1) is 19.6. The molecule has 41 heavy (non-hydrogen) atoms. The van der Waals surface area contributed by atoms with Gasteiger partial charge < -0.3 is 15.0 Å². The minimum atomic E-state index is -0.603. The summed E-state index contributed by atoms with van der Waals surface area (Å²) in [6.45, 7) is 8.45. The van der Waals surface area contributed by atoms with Gasteiger partial charge in [-0.2, -0.15) is 4.98 Å². The van der Waals surface area contributed by atoms with E-state index in [-0.39, 0.29) is 30.3 Å². The number of hydrogen-bond acceptors (Lipinski definition) is 8. The van der Waals surface area contributed by atoms with E-state index in [1.807, 2.05) is 49.9 Å². The average Bonchev–Trinajstić information content (AvgIpc) is 3.32.